The van der Waals surface area contributed by atoms with E-state index in [1.807, 2.05) is 48.5 Å². The minimum Gasteiger partial charge on any atom is -0.347 e. The van der Waals surface area contributed by atoms with E-state index in [0.29, 0.717) is 6.42 Å². The number of piperidine rings is 1. The van der Waals surface area contributed by atoms with Crippen molar-refractivity contribution in [1.29, 1.82) is 0 Å². The second-order valence-electron chi connectivity index (χ2n) is 6.78. The lowest BCUT2D eigenvalue weighted by atomic mass is 10.0. The van der Waals surface area contributed by atoms with Gasteiger partial charge in [0, 0.05) is 18.3 Å². The number of nitrogens with one attached hydrogen (secondary N) is 3. The third-order valence-corrected chi connectivity index (χ3v) is 4.73. The highest BCUT2D eigenvalue weighted by Crippen LogP contribution is 2.17. The first-order chi connectivity index (χ1) is 13.2. The van der Waals surface area contributed by atoms with Gasteiger partial charge in [-0.3, -0.25) is 14.6 Å². The van der Waals surface area contributed by atoms with Crippen LogP contribution in [0.3, 0.4) is 0 Å². The van der Waals surface area contributed by atoms with Crippen molar-refractivity contribution in [2.75, 3.05) is 13.1 Å². The molecule has 6 heteroatoms. The molecule has 1 aliphatic rings. The molecular formula is C21H26N4O2. The molecule has 0 radical (unpaired) electrons. The van der Waals surface area contributed by atoms with Crippen molar-refractivity contribution in [3.05, 3.63) is 66.0 Å². The summed E-state index contributed by atoms with van der Waals surface area (Å²) in [7, 11) is 0. The maximum Gasteiger partial charge on any atom is 0.239 e. The summed E-state index contributed by atoms with van der Waals surface area (Å²) in [6, 6.07) is 15.2. The van der Waals surface area contributed by atoms with Crippen LogP contribution in [-0.2, 0) is 16.0 Å². The first-order valence-corrected chi connectivity index (χ1v) is 9.47. The van der Waals surface area contributed by atoms with Crippen LogP contribution >= 0.6 is 0 Å². The maximum absolute atomic E-state index is 12.4. The molecule has 2 atom stereocenters. The Morgan fingerprint density at radius 1 is 1.11 bits per heavy atom. The van der Waals surface area contributed by atoms with Crippen LogP contribution in [0.2, 0.25) is 0 Å². The zero-order valence-corrected chi connectivity index (χ0v) is 15.4. The fourth-order valence-electron chi connectivity index (χ4n) is 3.28. The first-order valence-electron chi connectivity index (χ1n) is 9.47. The van der Waals surface area contributed by atoms with Gasteiger partial charge < -0.3 is 16.0 Å². The van der Waals surface area contributed by atoms with Crippen LogP contribution in [0.1, 0.15) is 36.6 Å². The van der Waals surface area contributed by atoms with Crippen LogP contribution in [-0.4, -0.2) is 35.9 Å². The maximum atomic E-state index is 12.4. The van der Waals surface area contributed by atoms with E-state index < -0.39 is 0 Å². The van der Waals surface area contributed by atoms with Crippen molar-refractivity contribution in [1.82, 2.24) is 20.9 Å². The first kappa shape index (κ1) is 19.0. The molecule has 1 aromatic heterocycles. The zero-order valence-electron chi connectivity index (χ0n) is 15.4. The van der Waals surface area contributed by atoms with E-state index in [0.717, 1.165) is 37.1 Å². The number of pyridine rings is 1. The van der Waals surface area contributed by atoms with Gasteiger partial charge in [-0.15, -0.1) is 0 Å². The number of hydrogen-bond donors (Lipinski definition) is 3. The van der Waals surface area contributed by atoms with Crippen molar-refractivity contribution in [3.63, 3.8) is 0 Å². The molecule has 0 spiro atoms. The number of hydrogen-bond acceptors (Lipinski definition) is 4. The molecule has 2 amide bonds. The van der Waals surface area contributed by atoms with Gasteiger partial charge in [-0.25, -0.2) is 0 Å². The SMILES string of the molecule is O=C(CNC(=O)C1CCCCN1)NC(Cc1ccccn1)c1ccccc1. The van der Waals surface area contributed by atoms with Crippen LogP contribution in [0.15, 0.2) is 54.7 Å². The Morgan fingerprint density at radius 3 is 2.63 bits per heavy atom. The molecule has 0 aliphatic carbocycles. The lowest BCUT2D eigenvalue weighted by Crippen LogP contribution is -2.49. The molecule has 142 valence electrons. The van der Waals surface area contributed by atoms with Gasteiger partial charge in [0.1, 0.15) is 0 Å². The fourth-order valence-corrected chi connectivity index (χ4v) is 3.28. The summed E-state index contributed by atoms with van der Waals surface area (Å²) in [5.74, 6) is -0.310. The number of carbonyl (C=O) groups is 2. The normalized spacial score (nSPS) is 17.7. The van der Waals surface area contributed by atoms with Crippen molar-refractivity contribution >= 4 is 11.8 Å². The smallest absolute Gasteiger partial charge is 0.239 e. The number of amides is 2. The standard InChI is InChI=1S/C21H26N4O2/c26-20(15-24-21(27)18-11-5-7-13-23-18)25-19(16-8-2-1-3-9-16)14-17-10-4-6-12-22-17/h1-4,6,8-10,12,18-19,23H,5,7,11,13-15H2,(H,24,27)(H,25,26). The predicted molar refractivity (Wildman–Crippen MR) is 104 cm³/mol. The number of benzene rings is 1. The molecule has 0 bridgehead atoms. The Hall–Kier alpha value is -2.73. The summed E-state index contributed by atoms with van der Waals surface area (Å²) < 4.78 is 0. The van der Waals surface area contributed by atoms with E-state index in [1.165, 1.54) is 0 Å². The molecule has 3 N–H and O–H groups in total. The van der Waals surface area contributed by atoms with Gasteiger partial charge in [-0.1, -0.05) is 42.8 Å². The average molecular weight is 366 g/mol. The molecule has 2 aromatic rings. The van der Waals surface area contributed by atoms with Crippen LogP contribution in [0, 0.1) is 0 Å². The second kappa shape index (κ2) is 9.83. The summed E-state index contributed by atoms with van der Waals surface area (Å²) in [5.41, 5.74) is 1.92. The van der Waals surface area contributed by atoms with E-state index in [2.05, 4.69) is 20.9 Å². The lowest BCUT2D eigenvalue weighted by molar-refractivity contribution is -0.128. The van der Waals surface area contributed by atoms with Gasteiger partial charge in [0.2, 0.25) is 11.8 Å². The predicted octanol–water partition coefficient (Wildman–Crippen LogP) is 1.74. The molecule has 27 heavy (non-hydrogen) atoms. The Balaban J connectivity index is 1.57. The van der Waals surface area contributed by atoms with Crippen LogP contribution in [0.5, 0.6) is 0 Å². The highest BCUT2D eigenvalue weighted by molar-refractivity contribution is 5.87. The Morgan fingerprint density at radius 2 is 1.93 bits per heavy atom. The average Bonchev–Trinajstić information content (AvgIpc) is 2.73. The molecule has 1 saturated heterocycles. The molecule has 0 saturated carbocycles. The Bertz CT molecular complexity index is 730. The van der Waals surface area contributed by atoms with E-state index in [9.17, 15) is 9.59 Å². The van der Waals surface area contributed by atoms with Gasteiger partial charge in [0.15, 0.2) is 0 Å². The van der Waals surface area contributed by atoms with Gasteiger partial charge in [0.05, 0.1) is 18.6 Å². The molecule has 6 nitrogen and oxygen atoms in total. The second-order valence-corrected chi connectivity index (χ2v) is 6.78. The Kier molecular flexibility index (Phi) is 6.93. The number of rotatable bonds is 7. The monoisotopic (exact) mass is 366 g/mol. The molecule has 2 heterocycles. The van der Waals surface area contributed by atoms with E-state index in [4.69, 9.17) is 0 Å². The van der Waals surface area contributed by atoms with Crippen molar-refractivity contribution in [2.45, 2.75) is 37.8 Å². The van der Waals surface area contributed by atoms with Crippen molar-refractivity contribution < 1.29 is 9.59 Å². The van der Waals surface area contributed by atoms with Crippen molar-refractivity contribution in [2.24, 2.45) is 0 Å². The van der Waals surface area contributed by atoms with Gasteiger partial charge in [0.25, 0.3) is 0 Å². The molecule has 2 unspecified atom stereocenters. The largest absolute Gasteiger partial charge is 0.347 e. The van der Waals surface area contributed by atoms with Gasteiger partial charge >= 0.3 is 0 Å². The quantitative estimate of drug-likeness (QED) is 0.697. The summed E-state index contributed by atoms with van der Waals surface area (Å²) in [6.07, 6.45) is 5.29. The van der Waals surface area contributed by atoms with Crippen LogP contribution < -0.4 is 16.0 Å². The number of nitrogens with zero attached hydrogens (tertiary/aromatic N) is 1. The topological polar surface area (TPSA) is 83.1 Å². The van der Waals surface area contributed by atoms with E-state index in [-0.39, 0.29) is 30.4 Å². The minimum absolute atomic E-state index is 0.0252. The zero-order chi connectivity index (χ0) is 18.9. The Labute approximate surface area is 159 Å². The van der Waals surface area contributed by atoms with E-state index in [1.54, 1.807) is 6.20 Å². The van der Waals surface area contributed by atoms with E-state index >= 15 is 0 Å². The summed E-state index contributed by atoms with van der Waals surface area (Å²) >= 11 is 0. The number of aromatic nitrogens is 1. The highest BCUT2D eigenvalue weighted by atomic mass is 16.2. The number of carbonyl (C=O) groups excluding carboxylic acids is 2. The lowest BCUT2D eigenvalue weighted by Gasteiger charge is -2.23. The molecule has 1 aliphatic heterocycles. The molecule has 1 fully saturated rings. The molecule has 1 aromatic carbocycles. The summed E-state index contributed by atoms with van der Waals surface area (Å²) in [6.45, 7) is 0.826. The molecular weight excluding hydrogens is 340 g/mol. The minimum atomic E-state index is -0.205. The fraction of sp³-hybridized carbons (Fsp3) is 0.381. The van der Waals surface area contributed by atoms with Crippen LogP contribution in [0.25, 0.3) is 0 Å². The van der Waals surface area contributed by atoms with Gasteiger partial charge in [-0.05, 0) is 37.1 Å². The van der Waals surface area contributed by atoms with Crippen molar-refractivity contribution in [3.8, 4) is 0 Å². The summed E-state index contributed by atoms with van der Waals surface area (Å²) in [5, 5.41) is 8.96. The summed E-state index contributed by atoms with van der Waals surface area (Å²) in [4.78, 5) is 29.0. The van der Waals surface area contributed by atoms with Crippen LogP contribution in [0.4, 0.5) is 0 Å². The van der Waals surface area contributed by atoms with Gasteiger partial charge in [-0.2, -0.15) is 0 Å². The third kappa shape index (κ3) is 5.89. The molecule has 3 rings (SSSR count). The highest BCUT2D eigenvalue weighted by Gasteiger charge is 2.21. The third-order valence-electron chi connectivity index (χ3n) is 4.73.